The van der Waals surface area contributed by atoms with Gasteiger partial charge in [-0.15, -0.1) is 0 Å². The zero-order chi connectivity index (χ0) is 34.4. The van der Waals surface area contributed by atoms with E-state index in [1.807, 2.05) is 24.3 Å². The number of nitrogens with zero attached hydrogens (tertiary/aromatic N) is 2. The zero-order valence-corrected chi connectivity index (χ0v) is 33.0. The maximum Gasteiger partial charge on any atom is 0.229 e. The second-order valence-electron chi connectivity index (χ2n) is 18.4. The maximum atomic E-state index is 15.0. The van der Waals surface area contributed by atoms with Crippen molar-refractivity contribution in [2.24, 2.45) is 56.7 Å². The summed E-state index contributed by atoms with van der Waals surface area (Å²) < 4.78 is 1.05. The average molecular weight is 739 g/mol. The number of anilines is 1. The summed E-state index contributed by atoms with van der Waals surface area (Å²) in [6.45, 7) is 20.5. The van der Waals surface area contributed by atoms with Gasteiger partial charge in [-0.2, -0.15) is 0 Å². The highest BCUT2D eigenvalue weighted by atomic mass is 79.9. The summed E-state index contributed by atoms with van der Waals surface area (Å²) in [5, 5.41) is 15.2. The van der Waals surface area contributed by atoms with Gasteiger partial charge in [0.1, 0.15) is 0 Å². The molecule has 2 N–H and O–H groups in total. The Morgan fingerprint density at radius 3 is 2.23 bits per heavy atom. The summed E-state index contributed by atoms with van der Waals surface area (Å²) in [5.41, 5.74) is 2.86. The number of carbonyl (C=O) groups excluding carboxylic acids is 1. The second-order valence-corrected chi connectivity index (χ2v) is 19.7. The quantitative estimate of drug-likeness (QED) is 0.234. The van der Waals surface area contributed by atoms with Crippen molar-refractivity contribution in [3.63, 3.8) is 0 Å². The van der Waals surface area contributed by atoms with Gasteiger partial charge in [-0.3, -0.25) is 4.79 Å². The molecule has 0 aromatic heterocycles. The van der Waals surface area contributed by atoms with Crippen LogP contribution >= 0.6 is 28.1 Å². The number of rotatable bonds is 2. The van der Waals surface area contributed by atoms with Crippen LogP contribution in [0.3, 0.4) is 0 Å². The first-order valence-corrected chi connectivity index (χ1v) is 20.3. The molecule has 5 aliphatic carbocycles. The first-order valence-electron chi connectivity index (χ1n) is 19.1. The van der Waals surface area contributed by atoms with Crippen LogP contribution in [0.15, 0.2) is 40.4 Å². The topological polar surface area (TPSA) is 55.8 Å². The van der Waals surface area contributed by atoms with Crippen molar-refractivity contribution in [3.05, 3.63) is 40.4 Å². The van der Waals surface area contributed by atoms with E-state index in [1.165, 1.54) is 12.8 Å². The number of thiocarbonyl (C=S) groups is 1. The predicted molar refractivity (Wildman–Crippen MR) is 203 cm³/mol. The van der Waals surface area contributed by atoms with Gasteiger partial charge in [0, 0.05) is 36.3 Å². The largest absolute Gasteiger partial charge is 0.393 e. The number of hydrogen-bond donors (Lipinski definition) is 2. The molecule has 5 fully saturated rings. The molecule has 0 spiro atoms. The molecule has 1 amide bonds. The molecule has 5 nitrogen and oxygen atoms in total. The molecule has 0 radical (unpaired) electrons. The van der Waals surface area contributed by atoms with Gasteiger partial charge in [0.25, 0.3) is 0 Å². The molecule has 0 unspecified atom stereocenters. The molecule has 7 heteroatoms. The number of carbonyl (C=O) groups is 1. The Morgan fingerprint density at radius 2 is 1.54 bits per heavy atom. The fourth-order valence-corrected chi connectivity index (χ4v) is 13.6. The molecule has 1 heterocycles. The van der Waals surface area contributed by atoms with Gasteiger partial charge in [0.05, 0.1) is 11.5 Å². The lowest BCUT2D eigenvalue weighted by molar-refractivity contribution is -0.205. The van der Waals surface area contributed by atoms with Crippen molar-refractivity contribution >= 4 is 44.9 Å². The van der Waals surface area contributed by atoms with Gasteiger partial charge in [-0.25, -0.2) is 0 Å². The van der Waals surface area contributed by atoms with Crippen LogP contribution in [0, 0.1) is 56.7 Å². The molecule has 4 saturated carbocycles. The Balaban J connectivity index is 1.14. The molecule has 1 saturated heterocycles. The second kappa shape index (κ2) is 12.1. The van der Waals surface area contributed by atoms with E-state index in [4.69, 9.17) is 12.2 Å². The minimum Gasteiger partial charge on any atom is -0.393 e. The molecule has 48 heavy (non-hydrogen) atoms. The molecule has 1 aliphatic heterocycles. The van der Waals surface area contributed by atoms with E-state index in [-0.39, 0.29) is 33.2 Å². The number of aliphatic hydroxyl groups excluding tert-OH is 1. The molecule has 7 rings (SSSR count). The number of allylic oxidation sites excluding steroid dienone is 2. The first kappa shape index (κ1) is 35.0. The lowest BCUT2D eigenvalue weighted by Crippen LogP contribution is -2.66. The number of fused-ring (bicyclic) bond motifs is 7. The van der Waals surface area contributed by atoms with E-state index in [2.05, 4.69) is 85.6 Å². The molecule has 1 aromatic carbocycles. The minimum atomic E-state index is -0.295. The number of piperazine rings is 1. The molecular formula is C41H60BrN3O2S. The highest BCUT2D eigenvalue weighted by Crippen LogP contribution is 2.75. The normalized spacial score (nSPS) is 43.6. The molecular weight excluding hydrogens is 678 g/mol. The average Bonchev–Trinajstić information content (AvgIpc) is 3.06. The van der Waals surface area contributed by atoms with Crippen LogP contribution in [0.2, 0.25) is 0 Å². The number of halogens is 1. The lowest BCUT2D eigenvalue weighted by Gasteiger charge is -2.71. The van der Waals surface area contributed by atoms with Crippen LogP contribution in [0.5, 0.6) is 0 Å². The zero-order valence-electron chi connectivity index (χ0n) is 30.6. The molecule has 1 aromatic rings. The van der Waals surface area contributed by atoms with Gasteiger partial charge < -0.3 is 20.2 Å². The van der Waals surface area contributed by atoms with E-state index in [9.17, 15) is 5.11 Å². The van der Waals surface area contributed by atoms with Crippen molar-refractivity contribution in [1.29, 1.82) is 0 Å². The van der Waals surface area contributed by atoms with Crippen molar-refractivity contribution in [3.8, 4) is 0 Å². The number of benzene rings is 1. The summed E-state index contributed by atoms with van der Waals surface area (Å²) in [6, 6.07) is 8.11. The molecule has 264 valence electrons. The van der Waals surface area contributed by atoms with E-state index in [1.54, 1.807) is 5.57 Å². The monoisotopic (exact) mass is 737 g/mol. The fourth-order valence-electron chi connectivity index (χ4n) is 13.0. The highest BCUT2D eigenvalue weighted by Gasteiger charge is 2.69. The van der Waals surface area contributed by atoms with Gasteiger partial charge in [0.2, 0.25) is 5.91 Å². The third-order valence-corrected chi connectivity index (χ3v) is 17.2. The summed E-state index contributed by atoms with van der Waals surface area (Å²) in [5.74, 6) is 3.03. The Morgan fingerprint density at radius 1 is 0.875 bits per heavy atom. The van der Waals surface area contributed by atoms with E-state index < -0.39 is 0 Å². The smallest absolute Gasteiger partial charge is 0.229 e. The Labute approximate surface area is 304 Å². The number of aliphatic hydroxyl groups is 1. The summed E-state index contributed by atoms with van der Waals surface area (Å²) in [6.07, 6.45) is 12.4. The Kier molecular flexibility index (Phi) is 8.80. The van der Waals surface area contributed by atoms with Crippen molar-refractivity contribution < 1.29 is 9.90 Å². The van der Waals surface area contributed by atoms with Crippen LogP contribution in [-0.2, 0) is 4.79 Å². The van der Waals surface area contributed by atoms with Crippen molar-refractivity contribution in [2.45, 2.75) is 112 Å². The summed E-state index contributed by atoms with van der Waals surface area (Å²) in [7, 11) is 0. The minimum absolute atomic E-state index is 0.0382. The number of amides is 1. The van der Waals surface area contributed by atoms with Crippen LogP contribution in [-0.4, -0.2) is 58.2 Å². The summed E-state index contributed by atoms with van der Waals surface area (Å²) >= 11 is 9.32. The Hall–Kier alpha value is -1.44. The van der Waals surface area contributed by atoms with Gasteiger partial charge in [-0.05, 0) is 146 Å². The number of hydrogen-bond acceptors (Lipinski definition) is 3. The van der Waals surface area contributed by atoms with Gasteiger partial charge in [-0.1, -0.05) is 76.0 Å². The summed E-state index contributed by atoms with van der Waals surface area (Å²) in [4.78, 5) is 19.5. The molecule has 10 atom stereocenters. The maximum absolute atomic E-state index is 15.0. The highest BCUT2D eigenvalue weighted by molar-refractivity contribution is 9.10. The van der Waals surface area contributed by atoms with E-state index >= 15 is 4.79 Å². The van der Waals surface area contributed by atoms with Gasteiger partial charge >= 0.3 is 0 Å². The standard InChI is InChI=1S/C41H60BrN3O2S/c1-26-14-19-41(35(47)44-22-24-45(25-23-44)36(48)43-29-10-8-28(42)9-11-29)21-20-39(6)30(34(41)27(26)2)12-13-32-38(5)17-16-33(46)37(3,4)31(38)15-18-40(32,39)7/h8-12,26-27,31-34,46H,13-25H2,1-7H3,(H,43,48)/t26-,27+,31+,32-,33+,34+,38+,39-,40-,41+/m1/s1. The first-order chi connectivity index (χ1) is 22.6. The molecule has 0 bridgehead atoms. The lowest BCUT2D eigenvalue weighted by atomic mass is 9.33. The molecule has 6 aliphatic rings. The number of nitrogens with one attached hydrogen (secondary N) is 1. The van der Waals surface area contributed by atoms with E-state index in [0.29, 0.717) is 35.5 Å². The SMILES string of the molecule is C[C@H]1[C@H](C)CC[C@]2(C(=O)N3CCN(C(=S)Nc4ccc(Br)cc4)CC3)CC[C@]3(C)C(=CC[C@@H]4[C@@]5(C)CC[C@H](O)C(C)(C)[C@@H]5CC[C@]43C)[C@H]12. The van der Waals surface area contributed by atoms with Crippen LogP contribution in [0.4, 0.5) is 5.69 Å². The van der Waals surface area contributed by atoms with Gasteiger partial charge in [0.15, 0.2) is 5.11 Å². The Bertz CT molecular complexity index is 1470. The fraction of sp³-hybridized carbons (Fsp3) is 0.756. The predicted octanol–water partition coefficient (Wildman–Crippen LogP) is 9.31. The van der Waals surface area contributed by atoms with Crippen LogP contribution < -0.4 is 5.32 Å². The van der Waals surface area contributed by atoms with Crippen molar-refractivity contribution in [2.75, 3.05) is 31.5 Å². The third kappa shape index (κ3) is 5.04. The third-order valence-electron chi connectivity index (χ3n) is 16.3. The van der Waals surface area contributed by atoms with E-state index in [0.717, 1.165) is 86.4 Å². The van der Waals surface area contributed by atoms with Crippen LogP contribution in [0.25, 0.3) is 0 Å². The van der Waals surface area contributed by atoms with Crippen LogP contribution in [0.1, 0.15) is 106 Å². The van der Waals surface area contributed by atoms with Crippen molar-refractivity contribution in [1.82, 2.24) is 9.80 Å².